The van der Waals surface area contributed by atoms with Crippen LogP contribution >= 0.6 is 11.3 Å². The molecular formula is C25H19N5O3S2. The topological polar surface area (TPSA) is 114 Å². The first-order valence-electron chi connectivity index (χ1n) is 10.6. The van der Waals surface area contributed by atoms with Gasteiger partial charge in [-0.2, -0.15) is 0 Å². The van der Waals surface area contributed by atoms with Crippen LogP contribution in [0.5, 0.6) is 0 Å². The number of amides is 1. The van der Waals surface area contributed by atoms with Gasteiger partial charge in [0.25, 0.3) is 15.9 Å². The van der Waals surface area contributed by atoms with Gasteiger partial charge in [-0.15, -0.1) is 11.3 Å². The molecule has 3 heterocycles. The number of fused-ring (bicyclic) bond motifs is 1. The summed E-state index contributed by atoms with van der Waals surface area (Å²) in [5, 5.41) is 3.59. The zero-order chi connectivity index (χ0) is 24.4. The minimum Gasteiger partial charge on any atom is -0.322 e. The van der Waals surface area contributed by atoms with Crippen LogP contribution in [-0.4, -0.2) is 29.3 Å². The first-order valence-corrected chi connectivity index (χ1v) is 12.9. The van der Waals surface area contributed by atoms with Gasteiger partial charge in [-0.3, -0.25) is 4.79 Å². The predicted molar refractivity (Wildman–Crippen MR) is 137 cm³/mol. The Hall–Kier alpha value is -4.15. The molecule has 0 bridgehead atoms. The van der Waals surface area contributed by atoms with E-state index in [1.165, 1.54) is 36.7 Å². The summed E-state index contributed by atoms with van der Waals surface area (Å²) in [7, 11) is -3.87. The molecule has 2 aromatic carbocycles. The fraction of sp³-hybridized carbons (Fsp3) is 0.0400. The number of nitrogens with zero attached hydrogens (tertiary/aromatic N) is 3. The molecule has 10 heteroatoms. The summed E-state index contributed by atoms with van der Waals surface area (Å²) in [6, 6.07) is 20.7. The molecular weight excluding hydrogens is 482 g/mol. The van der Waals surface area contributed by atoms with Crippen LogP contribution in [0.2, 0.25) is 0 Å². The lowest BCUT2D eigenvalue weighted by Crippen LogP contribution is -2.15. The zero-order valence-electron chi connectivity index (χ0n) is 18.5. The number of carbonyl (C=O) groups excluding carboxylic acids is 1. The van der Waals surface area contributed by atoms with Crippen molar-refractivity contribution in [3.05, 3.63) is 95.6 Å². The minimum absolute atomic E-state index is 0.0210. The van der Waals surface area contributed by atoms with Crippen LogP contribution in [0.25, 0.3) is 21.5 Å². The Balaban J connectivity index is 1.41. The van der Waals surface area contributed by atoms with Crippen molar-refractivity contribution < 1.29 is 13.2 Å². The lowest BCUT2D eigenvalue weighted by Gasteiger charge is -2.11. The zero-order valence-corrected chi connectivity index (χ0v) is 20.1. The van der Waals surface area contributed by atoms with Crippen LogP contribution < -0.4 is 10.0 Å². The number of aromatic nitrogens is 3. The average Bonchev–Trinajstić information content (AvgIpc) is 3.30. The number of aryl methyl sites for hydroxylation is 1. The van der Waals surface area contributed by atoms with Crippen molar-refractivity contribution in [2.45, 2.75) is 11.8 Å². The van der Waals surface area contributed by atoms with Gasteiger partial charge in [-0.25, -0.2) is 28.1 Å². The van der Waals surface area contributed by atoms with Crippen LogP contribution in [0.4, 0.5) is 11.6 Å². The van der Waals surface area contributed by atoms with Crippen LogP contribution in [0.3, 0.4) is 0 Å². The van der Waals surface area contributed by atoms with E-state index in [2.05, 4.69) is 20.0 Å². The molecule has 0 spiro atoms. The Bertz CT molecular complexity index is 1630. The first kappa shape index (κ1) is 22.6. The molecule has 174 valence electrons. The van der Waals surface area contributed by atoms with Gasteiger partial charge in [0.2, 0.25) is 5.95 Å². The fourth-order valence-electron chi connectivity index (χ4n) is 3.51. The summed E-state index contributed by atoms with van der Waals surface area (Å²) in [5.74, 6) is -0.337. The molecule has 8 nitrogen and oxygen atoms in total. The Morgan fingerprint density at radius 2 is 1.66 bits per heavy atom. The van der Waals surface area contributed by atoms with Crippen molar-refractivity contribution in [1.82, 2.24) is 15.0 Å². The van der Waals surface area contributed by atoms with E-state index in [4.69, 9.17) is 4.98 Å². The molecule has 0 saturated heterocycles. The molecule has 0 unspecified atom stereocenters. The monoisotopic (exact) mass is 501 g/mol. The molecule has 35 heavy (non-hydrogen) atoms. The highest BCUT2D eigenvalue weighted by atomic mass is 32.2. The Morgan fingerprint density at radius 1 is 0.914 bits per heavy atom. The predicted octanol–water partition coefficient (Wildman–Crippen LogP) is 5.11. The number of hydrogen-bond acceptors (Lipinski definition) is 7. The van der Waals surface area contributed by atoms with Gasteiger partial charge in [-0.05, 0) is 61.5 Å². The molecule has 0 aliphatic carbocycles. The lowest BCUT2D eigenvalue weighted by atomic mass is 10.1. The smallest absolute Gasteiger partial charge is 0.264 e. The summed E-state index contributed by atoms with van der Waals surface area (Å²) in [6.07, 6.45) is 2.88. The maximum absolute atomic E-state index is 13.3. The average molecular weight is 502 g/mol. The number of carbonyl (C=O) groups is 1. The Labute approximate surface area is 205 Å². The van der Waals surface area contributed by atoms with Crippen LogP contribution in [0.15, 0.2) is 90.1 Å². The quantitative estimate of drug-likeness (QED) is 0.334. The molecule has 0 atom stereocenters. The van der Waals surface area contributed by atoms with E-state index >= 15 is 0 Å². The molecule has 0 fully saturated rings. The van der Waals surface area contributed by atoms with E-state index in [0.29, 0.717) is 11.3 Å². The number of anilines is 2. The van der Waals surface area contributed by atoms with E-state index in [0.717, 1.165) is 26.4 Å². The number of rotatable bonds is 6. The summed E-state index contributed by atoms with van der Waals surface area (Å²) < 4.78 is 27.5. The van der Waals surface area contributed by atoms with Crippen molar-refractivity contribution in [1.29, 1.82) is 0 Å². The first-order chi connectivity index (χ1) is 16.9. The number of hydrogen-bond donors (Lipinski definition) is 2. The largest absolute Gasteiger partial charge is 0.322 e. The number of thiophene rings is 1. The van der Waals surface area contributed by atoms with Crippen LogP contribution in [-0.2, 0) is 10.0 Å². The molecule has 0 saturated carbocycles. The molecule has 0 aliphatic rings. The Kier molecular flexibility index (Phi) is 5.98. The number of nitrogens with one attached hydrogen (secondary N) is 2. The van der Waals surface area contributed by atoms with Gasteiger partial charge in [0, 0.05) is 28.3 Å². The standard InChI is InChI=1S/C25H19N5O3S2/c1-16-7-12-23(34-16)22-15-20(19-5-2-3-6-21(19)29-22)24(31)28-17-8-10-18(11-9-17)35(32,33)30-25-26-13-4-14-27-25/h2-15H,1H3,(H,28,31)(H,26,27,30). The molecule has 3 aromatic heterocycles. The van der Waals surface area contributed by atoms with Gasteiger partial charge in [-0.1, -0.05) is 18.2 Å². The van der Waals surface area contributed by atoms with Crippen molar-refractivity contribution >= 4 is 49.8 Å². The van der Waals surface area contributed by atoms with Gasteiger partial charge in [0.1, 0.15) is 0 Å². The van der Waals surface area contributed by atoms with Crippen LogP contribution in [0.1, 0.15) is 15.2 Å². The molecule has 1 amide bonds. The van der Waals surface area contributed by atoms with Crippen molar-refractivity contribution in [3.63, 3.8) is 0 Å². The highest BCUT2D eigenvalue weighted by Gasteiger charge is 2.17. The molecule has 0 aliphatic heterocycles. The normalized spacial score (nSPS) is 11.3. The van der Waals surface area contributed by atoms with Crippen molar-refractivity contribution in [3.8, 4) is 10.6 Å². The third-order valence-electron chi connectivity index (χ3n) is 5.17. The Morgan fingerprint density at radius 3 is 2.37 bits per heavy atom. The summed E-state index contributed by atoms with van der Waals surface area (Å²) in [4.78, 5) is 27.9. The van der Waals surface area contributed by atoms with Gasteiger partial charge in [0.05, 0.1) is 26.5 Å². The maximum Gasteiger partial charge on any atom is 0.264 e. The highest BCUT2D eigenvalue weighted by molar-refractivity contribution is 7.92. The van der Waals surface area contributed by atoms with Gasteiger partial charge >= 0.3 is 0 Å². The van der Waals surface area contributed by atoms with E-state index in [9.17, 15) is 13.2 Å². The summed E-state index contributed by atoms with van der Waals surface area (Å²) >= 11 is 1.61. The van der Waals surface area contributed by atoms with E-state index in [-0.39, 0.29) is 16.8 Å². The highest BCUT2D eigenvalue weighted by Crippen LogP contribution is 2.30. The third kappa shape index (κ3) is 4.88. The molecule has 5 rings (SSSR count). The minimum atomic E-state index is -3.87. The van der Waals surface area contributed by atoms with E-state index < -0.39 is 10.0 Å². The molecule has 0 radical (unpaired) electrons. The second kappa shape index (κ2) is 9.24. The fourth-order valence-corrected chi connectivity index (χ4v) is 5.29. The lowest BCUT2D eigenvalue weighted by molar-refractivity contribution is 0.102. The van der Waals surface area contributed by atoms with Crippen molar-refractivity contribution in [2.24, 2.45) is 0 Å². The van der Waals surface area contributed by atoms with Crippen molar-refractivity contribution in [2.75, 3.05) is 10.0 Å². The SMILES string of the molecule is Cc1ccc(-c2cc(C(=O)Nc3ccc(S(=O)(=O)Nc4ncccn4)cc3)c3ccccc3n2)s1. The van der Waals surface area contributed by atoms with Gasteiger partial charge < -0.3 is 5.32 Å². The molecule has 2 N–H and O–H groups in total. The van der Waals surface area contributed by atoms with E-state index in [1.807, 2.05) is 43.3 Å². The second-order valence-electron chi connectivity index (χ2n) is 7.64. The van der Waals surface area contributed by atoms with Crippen LogP contribution in [0, 0.1) is 6.92 Å². The number of pyridine rings is 1. The van der Waals surface area contributed by atoms with E-state index in [1.54, 1.807) is 23.5 Å². The molecule has 5 aromatic rings. The van der Waals surface area contributed by atoms with Gasteiger partial charge in [0.15, 0.2) is 0 Å². The maximum atomic E-state index is 13.3. The number of benzene rings is 2. The number of sulfonamides is 1. The summed E-state index contributed by atoms with van der Waals surface area (Å²) in [6.45, 7) is 2.02. The number of para-hydroxylation sites is 1. The second-order valence-corrected chi connectivity index (χ2v) is 10.6. The summed E-state index contributed by atoms with van der Waals surface area (Å²) in [5.41, 5.74) is 2.38. The third-order valence-corrected chi connectivity index (χ3v) is 7.53.